The van der Waals surface area contributed by atoms with Crippen LogP contribution < -0.4 is 11.5 Å². The van der Waals surface area contributed by atoms with Crippen molar-refractivity contribution in [3.05, 3.63) is 40.1 Å². The summed E-state index contributed by atoms with van der Waals surface area (Å²) in [5.74, 6) is -0.955. The van der Waals surface area contributed by atoms with Gasteiger partial charge < -0.3 is 27.0 Å². The number of amides is 1. The summed E-state index contributed by atoms with van der Waals surface area (Å²) in [5, 5.41) is 18.0. The topological polar surface area (TPSA) is 129 Å². The third-order valence-corrected chi connectivity index (χ3v) is 5.05. The van der Waals surface area contributed by atoms with Crippen LogP contribution in [0.5, 0.6) is 5.75 Å². The third-order valence-electron chi connectivity index (χ3n) is 5.05. The second-order valence-corrected chi connectivity index (χ2v) is 7.05. The van der Waals surface area contributed by atoms with Crippen molar-refractivity contribution in [1.29, 1.82) is 5.41 Å². The Kier molecular flexibility index (Phi) is 4.55. The zero-order chi connectivity index (χ0) is 20.0. The number of aryl methyl sites for hydroxylation is 1. The quantitative estimate of drug-likeness (QED) is 0.517. The summed E-state index contributed by atoms with van der Waals surface area (Å²) >= 11 is 0. The Balaban J connectivity index is 2.24. The number of hydrogen-bond donors (Lipinski definition) is 5. The molecule has 1 fully saturated rings. The average Bonchev–Trinajstić information content (AvgIpc) is 3.20. The molecule has 6 nitrogen and oxygen atoms in total. The van der Waals surface area contributed by atoms with Crippen LogP contribution >= 0.6 is 0 Å². The van der Waals surface area contributed by atoms with E-state index in [1.54, 1.807) is 32.1 Å². The zero-order valence-electron chi connectivity index (χ0n) is 15.5. The molecule has 1 aliphatic carbocycles. The van der Waals surface area contributed by atoms with Crippen LogP contribution in [0, 0.1) is 25.2 Å². The monoisotopic (exact) mass is 370 g/mol. The highest BCUT2D eigenvalue weighted by molar-refractivity contribution is 6.08. The van der Waals surface area contributed by atoms with Crippen LogP contribution in [0.15, 0.2) is 17.7 Å². The predicted octanol–water partition coefficient (Wildman–Crippen LogP) is 3.47. The first-order chi connectivity index (χ1) is 12.6. The molecule has 1 aromatic heterocycles. The number of H-pyrrole nitrogens is 1. The number of primary amides is 1. The molecule has 27 heavy (non-hydrogen) atoms. The molecule has 142 valence electrons. The number of allylic oxidation sites excluding steroid dienone is 1. The summed E-state index contributed by atoms with van der Waals surface area (Å²) in [7, 11) is 0. The van der Waals surface area contributed by atoms with Crippen molar-refractivity contribution < 1.29 is 14.3 Å². The molecule has 3 rings (SSSR count). The number of aromatic hydroxyl groups is 1. The maximum Gasteiger partial charge on any atom is 0.252 e. The van der Waals surface area contributed by atoms with Gasteiger partial charge in [-0.05, 0) is 50.5 Å². The average molecular weight is 370 g/mol. The lowest BCUT2D eigenvalue weighted by Gasteiger charge is -2.11. The number of aromatic nitrogens is 1. The Hall–Kier alpha value is -3.09. The van der Waals surface area contributed by atoms with Crippen molar-refractivity contribution in [2.24, 2.45) is 11.7 Å². The minimum absolute atomic E-state index is 0.0990. The normalized spacial score (nSPS) is 19.2. The van der Waals surface area contributed by atoms with Crippen LogP contribution in [0.1, 0.15) is 40.5 Å². The van der Waals surface area contributed by atoms with Gasteiger partial charge in [0.05, 0.1) is 22.6 Å². The Bertz CT molecular complexity index is 990. The highest BCUT2D eigenvalue weighted by Crippen LogP contribution is 2.43. The van der Waals surface area contributed by atoms with Gasteiger partial charge in [0.15, 0.2) is 0 Å². The molecule has 0 aliphatic heterocycles. The summed E-state index contributed by atoms with van der Waals surface area (Å²) < 4.78 is 13.6. The third kappa shape index (κ3) is 3.20. The van der Waals surface area contributed by atoms with E-state index in [0.717, 1.165) is 5.56 Å². The van der Waals surface area contributed by atoms with Crippen LogP contribution in [0.4, 0.5) is 10.1 Å². The number of aromatic amines is 1. The van der Waals surface area contributed by atoms with Gasteiger partial charge in [-0.2, -0.15) is 0 Å². The van der Waals surface area contributed by atoms with Crippen molar-refractivity contribution in [3.63, 3.8) is 0 Å². The molecule has 1 saturated carbocycles. The zero-order valence-corrected chi connectivity index (χ0v) is 15.5. The SMILES string of the molecule is CC(=N)/C(=C\c1[nH]c(-c2c(C)ccc(O)c2C)c(N)c1C(N)=O)C1CC1F. The number of carbonyl (C=O) groups excluding carboxylic acids is 1. The number of nitrogens with two attached hydrogens (primary N) is 2. The van der Waals surface area contributed by atoms with Crippen LogP contribution in [-0.2, 0) is 0 Å². The smallest absolute Gasteiger partial charge is 0.252 e. The molecule has 0 spiro atoms. The summed E-state index contributed by atoms with van der Waals surface area (Å²) in [6, 6.07) is 3.34. The largest absolute Gasteiger partial charge is 0.508 e. The fourth-order valence-corrected chi connectivity index (χ4v) is 3.46. The number of hydrogen-bond acceptors (Lipinski definition) is 4. The van der Waals surface area contributed by atoms with Gasteiger partial charge in [-0.15, -0.1) is 0 Å². The highest BCUT2D eigenvalue weighted by atomic mass is 19.1. The number of nitrogens with one attached hydrogen (secondary N) is 2. The lowest BCUT2D eigenvalue weighted by atomic mass is 9.97. The first-order valence-electron chi connectivity index (χ1n) is 8.65. The summed E-state index contributed by atoms with van der Waals surface area (Å²) in [6.45, 7) is 5.20. The summed E-state index contributed by atoms with van der Waals surface area (Å²) in [6.07, 6.45) is 0.970. The lowest BCUT2D eigenvalue weighted by molar-refractivity contribution is 0.100. The van der Waals surface area contributed by atoms with E-state index < -0.39 is 12.1 Å². The van der Waals surface area contributed by atoms with E-state index in [9.17, 15) is 14.3 Å². The number of rotatable bonds is 5. The second kappa shape index (κ2) is 6.57. The van der Waals surface area contributed by atoms with E-state index in [1.165, 1.54) is 0 Å². The van der Waals surface area contributed by atoms with Crippen LogP contribution in [0.3, 0.4) is 0 Å². The van der Waals surface area contributed by atoms with E-state index in [4.69, 9.17) is 16.9 Å². The molecule has 0 radical (unpaired) electrons. The standard InChI is InChI=1S/C20H23FN4O2/c1-8-4-5-15(26)9(2)16(8)19-18(23)17(20(24)27)14(25-19)7-11(10(3)22)12-6-13(12)21/h4-5,7,12-13,22,25-26H,6,23H2,1-3H3,(H2,24,27)/b11-7+,22-10?. The van der Waals surface area contributed by atoms with Crippen molar-refractivity contribution >= 4 is 23.4 Å². The number of carbonyl (C=O) groups is 1. The Morgan fingerprint density at radius 3 is 2.56 bits per heavy atom. The van der Waals surface area contributed by atoms with E-state index in [2.05, 4.69) is 4.98 Å². The second-order valence-electron chi connectivity index (χ2n) is 7.05. The molecule has 7 heteroatoms. The van der Waals surface area contributed by atoms with Crippen LogP contribution in [0.2, 0.25) is 0 Å². The molecule has 1 heterocycles. The Morgan fingerprint density at radius 1 is 1.41 bits per heavy atom. The number of benzene rings is 1. The Morgan fingerprint density at radius 2 is 2.04 bits per heavy atom. The predicted molar refractivity (Wildman–Crippen MR) is 105 cm³/mol. The van der Waals surface area contributed by atoms with Gasteiger partial charge in [0.25, 0.3) is 5.91 Å². The molecule has 1 aliphatic rings. The van der Waals surface area contributed by atoms with Crippen molar-refractivity contribution in [1.82, 2.24) is 4.98 Å². The molecule has 2 aromatic rings. The lowest BCUT2D eigenvalue weighted by Crippen LogP contribution is -2.14. The molecule has 2 unspecified atom stereocenters. The Labute approximate surface area is 156 Å². The maximum atomic E-state index is 13.6. The first kappa shape index (κ1) is 18.7. The number of phenolic OH excluding ortho intramolecular Hbond substituents is 1. The molecular weight excluding hydrogens is 347 g/mol. The van der Waals surface area contributed by atoms with E-state index in [1.807, 2.05) is 6.92 Å². The number of phenols is 1. The molecule has 2 atom stereocenters. The van der Waals surface area contributed by atoms with Crippen molar-refractivity contribution in [2.45, 2.75) is 33.4 Å². The van der Waals surface area contributed by atoms with Gasteiger partial charge in [0.1, 0.15) is 11.9 Å². The molecule has 7 N–H and O–H groups in total. The number of anilines is 1. The maximum absolute atomic E-state index is 13.6. The minimum Gasteiger partial charge on any atom is -0.508 e. The van der Waals surface area contributed by atoms with Gasteiger partial charge in [0.2, 0.25) is 0 Å². The molecule has 0 saturated heterocycles. The van der Waals surface area contributed by atoms with E-state index in [0.29, 0.717) is 34.5 Å². The number of halogens is 1. The fraction of sp³-hybridized carbons (Fsp3) is 0.300. The van der Waals surface area contributed by atoms with Crippen molar-refractivity contribution in [2.75, 3.05) is 5.73 Å². The molecular formula is C20H23FN4O2. The first-order valence-corrected chi connectivity index (χ1v) is 8.65. The number of alkyl halides is 1. The molecule has 0 bridgehead atoms. The summed E-state index contributed by atoms with van der Waals surface area (Å²) in [5.41, 5.74) is 15.7. The highest BCUT2D eigenvalue weighted by Gasteiger charge is 2.41. The van der Waals surface area contributed by atoms with Crippen LogP contribution in [-0.4, -0.2) is 27.9 Å². The van der Waals surface area contributed by atoms with Gasteiger partial charge in [-0.1, -0.05) is 6.07 Å². The van der Waals surface area contributed by atoms with Crippen molar-refractivity contribution in [3.8, 4) is 17.0 Å². The van der Waals surface area contributed by atoms with Gasteiger partial charge >= 0.3 is 0 Å². The van der Waals surface area contributed by atoms with Gasteiger partial charge in [-0.3, -0.25) is 4.79 Å². The fourth-order valence-electron chi connectivity index (χ4n) is 3.46. The summed E-state index contributed by atoms with van der Waals surface area (Å²) in [4.78, 5) is 15.1. The molecule has 1 amide bonds. The van der Waals surface area contributed by atoms with Crippen LogP contribution in [0.25, 0.3) is 17.3 Å². The minimum atomic E-state index is -0.976. The van der Waals surface area contributed by atoms with E-state index >= 15 is 0 Å². The van der Waals surface area contributed by atoms with Gasteiger partial charge in [-0.25, -0.2) is 4.39 Å². The number of nitrogen functional groups attached to an aromatic ring is 1. The van der Waals surface area contributed by atoms with E-state index in [-0.39, 0.29) is 28.6 Å². The van der Waals surface area contributed by atoms with Gasteiger partial charge in [0, 0.05) is 22.8 Å². The molecule has 1 aromatic carbocycles.